The minimum Gasteiger partial charge on any atom is -0.336 e. The number of unbranched alkanes of at least 4 members (excludes halogenated alkanes) is 1. The number of imidazole rings is 1. The summed E-state index contributed by atoms with van der Waals surface area (Å²) < 4.78 is 2.08. The van der Waals surface area contributed by atoms with Gasteiger partial charge in [0.15, 0.2) is 0 Å². The molecule has 1 aromatic heterocycles. The zero-order valence-corrected chi connectivity index (χ0v) is 17.4. The van der Waals surface area contributed by atoms with E-state index in [1.807, 2.05) is 36.8 Å². The summed E-state index contributed by atoms with van der Waals surface area (Å²) in [6.07, 6.45) is 8.09. The van der Waals surface area contributed by atoms with E-state index in [0.717, 1.165) is 35.0 Å². The number of rotatable bonds is 9. The lowest BCUT2D eigenvalue weighted by atomic mass is 10.1. The Hall–Kier alpha value is -2.24. The number of carbonyl (C=O) groups is 1. The normalized spacial score (nSPS) is 11.9. The Kier molecular flexibility index (Phi) is 7.57. The van der Waals surface area contributed by atoms with Gasteiger partial charge < -0.3 is 9.88 Å². The number of hydrogen-bond donors (Lipinski definition) is 1. The van der Waals surface area contributed by atoms with E-state index in [1.165, 1.54) is 5.56 Å². The number of carbonyl (C=O) groups excluding carboxylic acids is 1. The largest absolute Gasteiger partial charge is 0.336 e. The highest BCUT2D eigenvalue weighted by atomic mass is 35.5. The van der Waals surface area contributed by atoms with E-state index in [9.17, 15) is 4.79 Å². The third-order valence-corrected chi connectivity index (χ3v) is 5.85. The Balaban J connectivity index is 1.69. The lowest BCUT2D eigenvalue weighted by Crippen LogP contribution is -2.10. The Bertz CT molecular complexity index is 864. The van der Waals surface area contributed by atoms with Crippen LogP contribution >= 0.6 is 23.4 Å². The molecule has 0 radical (unpaired) electrons. The second-order valence-electron chi connectivity index (χ2n) is 6.59. The molecule has 1 heterocycles. The van der Waals surface area contributed by atoms with Crippen molar-refractivity contribution in [3.8, 4) is 0 Å². The fraction of sp³-hybridized carbons (Fsp3) is 0.273. The molecule has 2 aromatic carbocycles. The van der Waals surface area contributed by atoms with Gasteiger partial charge in [0.1, 0.15) is 0 Å². The topological polar surface area (TPSA) is 46.9 Å². The molecule has 146 valence electrons. The SMILES string of the molecule is CCCCC(=O)Nc1ccc(SC(Cn2ccnc2)c2ccc(Cl)cc2)cc1. The third kappa shape index (κ3) is 6.14. The van der Waals surface area contributed by atoms with Gasteiger partial charge in [-0.3, -0.25) is 4.79 Å². The predicted octanol–water partition coefficient (Wildman–Crippen LogP) is 6.20. The highest BCUT2D eigenvalue weighted by Crippen LogP contribution is 2.37. The zero-order valence-electron chi connectivity index (χ0n) is 15.8. The number of nitrogens with zero attached hydrogens (tertiary/aromatic N) is 2. The van der Waals surface area contributed by atoms with Gasteiger partial charge in [-0.25, -0.2) is 4.98 Å². The predicted molar refractivity (Wildman–Crippen MR) is 117 cm³/mol. The van der Waals surface area contributed by atoms with Crippen molar-refractivity contribution < 1.29 is 4.79 Å². The first kappa shape index (κ1) is 20.5. The van der Waals surface area contributed by atoms with Crippen LogP contribution in [0.4, 0.5) is 5.69 Å². The summed E-state index contributed by atoms with van der Waals surface area (Å²) in [6, 6.07) is 16.0. The molecule has 0 bridgehead atoms. The quantitative estimate of drug-likeness (QED) is 0.425. The maximum absolute atomic E-state index is 11.9. The summed E-state index contributed by atoms with van der Waals surface area (Å²) in [6.45, 7) is 2.89. The molecule has 6 heteroatoms. The molecule has 0 aliphatic rings. The third-order valence-electron chi connectivity index (χ3n) is 4.35. The highest BCUT2D eigenvalue weighted by Gasteiger charge is 2.14. The van der Waals surface area contributed by atoms with Crippen molar-refractivity contribution in [3.63, 3.8) is 0 Å². The lowest BCUT2D eigenvalue weighted by Gasteiger charge is -2.18. The fourth-order valence-electron chi connectivity index (χ4n) is 2.82. The van der Waals surface area contributed by atoms with Crippen LogP contribution in [0.3, 0.4) is 0 Å². The first-order valence-corrected chi connectivity index (χ1v) is 10.7. The molecule has 1 N–H and O–H groups in total. The molecular formula is C22H24ClN3OS. The number of benzene rings is 2. The van der Waals surface area contributed by atoms with Gasteiger partial charge in [0.05, 0.1) is 11.6 Å². The molecule has 0 spiro atoms. The summed E-state index contributed by atoms with van der Waals surface area (Å²) in [7, 11) is 0. The van der Waals surface area contributed by atoms with Crippen LogP contribution in [-0.2, 0) is 11.3 Å². The molecule has 0 fully saturated rings. The highest BCUT2D eigenvalue weighted by molar-refractivity contribution is 7.99. The van der Waals surface area contributed by atoms with Gasteiger partial charge >= 0.3 is 0 Å². The second-order valence-corrected chi connectivity index (χ2v) is 8.31. The summed E-state index contributed by atoms with van der Waals surface area (Å²) >= 11 is 7.84. The molecule has 0 aliphatic carbocycles. The van der Waals surface area contributed by atoms with Gasteiger partial charge in [-0.05, 0) is 48.4 Å². The number of amides is 1. The number of aromatic nitrogens is 2. The molecule has 0 saturated carbocycles. The molecule has 0 aliphatic heterocycles. The second kappa shape index (κ2) is 10.3. The van der Waals surface area contributed by atoms with Crippen LogP contribution in [0.5, 0.6) is 0 Å². The summed E-state index contributed by atoms with van der Waals surface area (Å²) in [4.78, 5) is 17.2. The van der Waals surface area contributed by atoms with E-state index in [4.69, 9.17) is 11.6 Å². The van der Waals surface area contributed by atoms with E-state index < -0.39 is 0 Å². The number of anilines is 1. The van der Waals surface area contributed by atoms with Crippen molar-refractivity contribution in [1.82, 2.24) is 9.55 Å². The van der Waals surface area contributed by atoms with Crippen molar-refractivity contribution in [2.45, 2.75) is 42.9 Å². The average molecular weight is 414 g/mol. The van der Waals surface area contributed by atoms with Crippen LogP contribution in [0.1, 0.15) is 37.0 Å². The minimum absolute atomic E-state index is 0.0707. The Labute approximate surface area is 175 Å². The summed E-state index contributed by atoms with van der Waals surface area (Å²) in [5, 5.41) is 3.91. The van der Waals surface area contributed by atoms with Crippen molar-refractivity contribution in [2.24, 2.45) is 0 Å². The summed E-state index contributed by atoms with van der Waals surface area (Å²) in [5.41, 5.74) is 2.04. The number of halogens is 1. The zero-order chi connectivity index (χ0) is 19.8. The molecule has 3 aromatic rings. The number of hydrogen-bond acceptors (Lipinski definition) is 3. The molecule has 1 amide bonds. The number of thioether (sulfide) groups is 1. The van der Waals surface area contributed by atoms with E-state index in [2.05, 4.69) is 46.1 Å². The van der Waals surface area contributed by atoms with E-state index in [1.54, 1.807) is 18.0 Å². The van der Waals surface area contributed by atoms with Gasteiger partial charge in [0, 0.05) is 41.0 Å². The fourth-order valence-corrected chi connectivity index (χ4v) is 4.10. The van der Waals surface area contributed by atoms with Crippen molar-refractivity contribution >= 4 is 35.0 Å². The van der Waals surface area contributed by atoms with Gasteiger partial charge in [0.25, 0.3) is 0 Å². The monoisotopic (exact) mass is 413 g/mol. The maximum Gasteiger partial charge on any atom is 0.224 e. The molecule has 0 saturated heterocycles. The van der Waals surface area contributed by atoms with Gasteiger partial charge in [-0.1, -0.05) is 37.1 Å². The van der Waals surface area contributed by atoms with Crippen LogP contribution in [0.2, 0.25) is 5.02 Å². The van der Waals surface area contributed by atoms with Crippen molar-refractivity contribution in [3.05, 3.63) is 77.8 Å². The molecule has 4 nitrogen and oxygen atoms in total. The van der Waals surface area contributed by atoms with Crippen LogP contribution in [-0.4, -0.2) is 15.5 Å². The van der Waals surface area contributed by atoms with Crippen molar-refractivity contribution in [1.29, 1.82) is 0 Å². The molecule has 1 atom stereocenters. The van der Waals surface area contributed by atoms with Crippen LogP contribution in [0.25, 0.3) is 0 Å². The Morgan fingerprint density at radius 3 is 2.57 bits per heavy atom. The van der Waals surface area contributed by atoms with Gasteiger partial charge in [-0.15, -0.1) is 11.8 Å². The molecule has 1 unspecified atom stereocenters. The lowest BCUT2D eigenvalue weighted by molar-refractivity contribution is -0.116. The molecule has 3 rings (SSSR count). The standard InChI is InChI=1S/C22H24ClN3OS/c1-2-3-4-22(27)25-19-9-11-20(12-10-19)28-21(15-26-14-13-24-16-26)17-5-7-18(23)8-6-17/h5-14,16,21H,2-4,15H2,1H3,(H,25,27). The van der Waals surface area contributed by atoms with E-state index in [-0.39, 0.29) is 11.2 Å². The first-order valence-electron chi connectivity index (χ1n) is 9.42. The van der Waals surface area contributed by atoms with Crippen LogP contribution in [0, 0.1) is 0 Å². The summed E-state index contributed by atoms with van der Waals surface area (Å²) in [5.74, 6) is 0.0707. The van der Waals surface area contributed by atoms with Crippen LogP contribution in [0.15, 0.2) is 72.1 Å². The maximum atomic E-state index is 11.9. The van der Waals surface area contributed by atoms with Gasteiger partial charge in [-0.2, -0.15) is 0 Å². The Morgan fingerprint density at radius 1 is 1.18 bits per heavy atom. The molecule has 28 heavy (non-hydrogen) atoms. The molecular weight excluding hydrogens is 390 g/mol. The van der Waals surface area contributed by atoms with Crippen LogP contribution < -0.4 is 5.32 Å². The Morgan fingerprint density at radius 2 is 1.93 bits per heavy atom. The minimum atomic E-state index is 0.0707. The first-order chi connectivity index (χ1) is 13.6. The van der Waals surface area contributed by atoms with Gasteiger partial charge in [0.2, 0.25) is 5.91 Å². The van der Waals surface area contributed by atoms with Crippen molar-refractivity contribution in [2.75, 3.05) is 5.32 Å². The smallest absolute Gasteiger partial charge is 0.224 e. The van der Waals surface area contributed by atoms with E-state index in [0.29, 0.717) is 6.42 Å². The number of nitrogens with one attached hydrogen (secondary N) is 1. The van der Waals surface area contributed by atoms with E-state index >= 15 is 0 Å². The average Bonchev–Trinajstić information content (AvgIpc) is 3.21.